The Hall–Kier alpha value is 0.516. The number of halogens is 8. The summed E-state index contributed by atoms with van der Waals surface area (Å²) >= 11 is -1.00. The van der Waals surface area contributed by atoms with Crippen molar-refractivity contribution in [2.24, 2.45) is 0 Å². The number of hydrogen-bond donors (Lipinski definition) is 0. The van der Waals surface area contributed by atoms with Crippen molar-refractivity contribution in [3.8, 4) is 0 Å². The molecule has 0 aromatic heterocycles. The molecule has 1 rings (SSSR count). The van der Waals surface area contributed by atoms with E-state index in [1.165, 1.54) is 6.07 Å². The molecule has 0 saturated carbocycles. The van der Waals surface area contributed by atoms with Gasteiger partial charge in [0.1, 0.15) is 0 Å². The molecule has 0 aliphatic rings. The van der Waals surface area contributed by atoms with Crippen molar-refractivity contribution in [3.05, 3.63) is 30.3 Å². The van der Waals surface area contributed by atoms with Gasteiger partial charge in [0.25, 0.3) is 0 Å². The molecule has 1 aromatic rings. The van der Waals surface area contributed by atoms with Crippen LogP contribution in [0.1, 0.15) is 0 Å². The molecule has 0 unspecified atom stereocenters. The van der Waals surface area contributed by atoms with Gasteiger partial charge in [-0.2, -0.15) is 35.1 Å². The maximum atomic E-state index is 13.4. The van der Waals surface area contributed by atoms with Gasteiger partial charge in [-0.25, -0.2) is 13.2 Å². The summed E-state index contributed by atoms with van der Waals surface area (Å²) in [5, 5.41) is -12.2. The van der Waals surface area contributed by atoms with Crippen LogP contribution in [-0.4, -0.2) is 35.7 Å². The Morgan fingerprint density at radius 2 is 1.32 bits per heavy atom. The van der Waals surface area contributed by atoms with Crippen LogP contribution in [0, 0.1) is 0 Å². The van der Waals surface area contributed by atoms with Gasteiger partial charge in [-0.15, -0.1) is 0 Å². The Morgan fingerprint density at radius 1 is 0.880 bits per heavy atom. The van der Waals surface area contributed by atoms with Crippen LogP contribution in [0.4, 0.5) is 35.1 Å². The quantitative estimate of drug-likeness (QED) is 0.268. The van der Waals surface area contributed by atoms with Crippen LogP contribution in [0.3, 0.4) is 0 Å². The summed E-state index contributed by atoms with van der Waals surface area (Å²) in [4.78, 5) is -0.558. The minimum absolute atomic E-state index is 0. The maximum Gasteiger partial charge on any atom is 1.00 e. The first-order chi connectivity index (χ1) is 10.5. The predicted molar refractivity (Wildman–Crippen MR) is 62.9 cm³/mol. The van der Waals surface area contributed by atoms with Crippen LogP contribution < -0.4 is 51.4 Å². The van der Waals surface area contributed by atoms with E-state index >= 15 is 0 Å². The summed E-state index contributed by atoms with van der Waals surface area (Å²) in [6.07, 6.45) is -13.0. The number of thioether (sulfide) groups is 1. The van der Waals surface area contributed by atoms with Crippen molar-refractivity contribution in [2.45, 2.75) is 27.6 Å². The van der Waals surface area contributed by atoms with E-state index in [0.717, 1.165) is 24.3 Å². The average Bonchev–Trinajstić information content (AvgIpc) is 2.36. The monoisotopic (exact) mass is 444 g/mol. The van der Waals surface area contributed by atoms with E-state index in [-0.39, 0.29) is 51.4 Å². The van der Waals surface area contributed by atoms with Crippen LogP contribution in [0.25, 0.3) is 0 Å². The third-order valence-corrected chi connectivity index (χ3v) is 4.10. The van der Waals surface area contributed by atoms with E-state index < -0.39 is 49.5 Å². The zero-order valence-electron chi connectivity index (χ0n) is 11.9. The first-order valence-corrected chi connectivity index (χ1v) is 7.67. The van der Waals surface area contributed by atoms with E-state index in [1.54, 1.807) is 0 Å². The molecule has 0 aliphatic heterocycles. The van der Waals surface area contributed by atoms with Gasteiger partial charge in [0.15, 0.2) is 10.1 Å². The second-order valence-corrected chi connectivity index (χ2v) is 6.65. The Balaban J connectivity index is 0.00000576. The molecule has 0 radical (unpaired) electrons. The zero-order valence-corrected chi connectivity index (χ0v) is 16.6. The topological polar surface area (TPSA) is 66.4 Å². The number of rotatable bonds is 7. The summed E-state index contributed by atoms with van der Waals surface area (Å²) in [5.41, 5.74) is 0. The van der Waals surface area contributed by atoms with Crippen LogP contribution >= 0.6 is 11.8 Å². The van der Waals surface area contributed by atoms with Gasteiger partial charge in [0, 0.05) is 4.90 Å². The van der Waals surface area contributed by atoms with Crippen LogP contribution in [-0.2, 0) is 14.9 Å². The van der Waals surface area contributed by atoms with E-state index in [1.807, 2.05) is 0 Å². The number of ether oxygens (including phenoxy) is 1. The molecule has 0 N–H and O–H groups in total. The molecule has 0 saturated heterocycles. The van der Waals surface area contributed by atoms with Gasteiger partial charge in [0.05, 0.1) is 0 Å². The smallest absolute Gasteiger partial charge is 0.743 e. The second kappa shape index (κ2) is 8.26. The normalized spacial score (nSPS) is 14.1. The van der Waals surface area contributed by atoms with Gasteiger partial charge in [-0.05, 0) is 23.9 Å². The van der Waals surface area contributed by atoms with Crippen LogP contribution in [0.5, 0.6) is 0 Å². The molecule has 0 aliphatic carbocycles. The zero-order chi connectivity index (χ0) is 19.0. The molecule has 0 bridgehead atoms. The second-order valence-electron chi connectivity index (χ2n) is 4.04. The first kappa shape index (κ1) is 25.5. The van der Waals surface area contributed by atoms with Crippen molar-refractivity contribution < 1.29 is 104 Å². The Bertz CT molecular complexity index is 683. The van der Waals surface area contributed by atoms with Crippen LogP contribution in [0.15, 0.2) is 35.2 Å². The molecule has 0 atom stereocenters. The molecule has 25 heavy (non-hydrogen) atoms. The van der Waals surface area contributed by atoms with E-state index in [0.29, 0.717) is 0 Å². The Morgan fingerprint density at radius 3 is 1.72 bits per heavy atom. The van der Waals surface area contributed by atoms with Gasteiger partial charge in [0.2, 0.25) is 0 Å². The van der Waals surface area contributed by atoms with E-state index in [9.17, 15) is 48.1 Å². The summed E-state index contributed by atoms with van der Waals surface area (Å²) in [5.74, 6) is 0. The first-order valence-electron chi connectivity index (χ1n) is 5.44. The van der Waals surface area contributed by atoms with Gasteiger partial charge in [-0.1, -0.05) is 18.2 Å². The molecule has 0 spiro atoms. The minimum atomic E-state index is -7.18. The van der Waals surface area contributed by atoms with Crippen molar-refractivity contribution >= 4 is 21.9 Å². The maximum absolute atomic E-state index is 13.4. The summed E-state index contributed by atoms with van der Waals surface area (Å²) < 4.78 is 136. The third kappa shape index (κ3) is 5.74. The van der Waals surface area contributed by atoms with Crippen molar-refractivity contribution in [1.82, 2.24) is 0 Å². The van der Waals surface area contributed by atoms with Gasteiger partial charge in [-0.3, -0.25) is 0 Å². The molecule has 0 fully saturated rings. The fourth-order valence-electron chi connectivity index (χ4n) is 1.12. The summed E-state index contributed by atoms with van der Waals surface area (Å²) in [6.45, 7) is 0. The van der Waals surface area contributed by atoms with E-state index in [4.69, 9.17) is 0 Å². The largest absolute Gasteiger partial charge is 1.00 e. The summed E-state index contributed by atoms with van der Waals surface area (Å²) in [7, 11) is -7.18. The Kier molecular flexibility index (Phi) is 8.43. The third-order valence-electron chi connectivity index (χ3n) is 2.24. The molecule has 0 amide bonds. The fraction of sp³-hybridized carbons (Fsp3) is 0.400. The van der Waals surface area contributed by atoms with Crippen molar-refractivity contribution in [1.29, 1.82) is 0 Å². The van der Waals surface area contributed by atoms with Crippen molar-refractivity contribution in [3.63, 3.8) is 0 Å². The van der Waals surface area contributed by atoms with Gasteiger partial charge < -0.3 is 4.55 Å². The molecular formula is C10H5F8KO4S2. The molecular weight excluding hydrogens is 439 g/mol. The number of benzene rings is 1. The van der Waals surface area contributed by atoms with E-state index in [2.05, 4.69) is 4.74 Å². The standard InChI is InChI=1S/C10H6F8O4S2.K/c11-7(12,9(15,16)23-6-4-2-1-3-5-6)22-8(13,14)10(17,18)24(19,20)21;/h1-5H,(H,19,20,21);/q;+1/p-1. The molecule has 1 aromatic carbocycles. The fourth-order valence-corrected chi connectivity index (χ4v) is 2.20. The predicted octanol–water partition coefficient (Wildman–Crippen LogP) is 0.716. The molecule has 15 heteroatoms. The minimum Gasteiger partial charge on any atom is -0.743 e. The molecule has 4 nitrogen and oxygen atoms in total. The van der Waals surface area contributed by atoms with Gasteiger partial charge >= 0.3 is 74.1 Å². The summed E-state index contributed by atoms with van der Waals surface area (Å²) in [6, 6.07) is 5.33. The molecule has 0 heterocycles. The SMILES string of the molecule is O=S(=O)([O-])C(F)(F)C(F)(F)OC(F)(F)C(F)(F)Sc1ccccc1.[K+]. The number of alkyl halides is 8. The van der Waals surface area contributed by atoms with Crippen LogP contribution in [0.2, 0.25) is 0 Å². The Labute approximate surface area is 182 Å². The number of hydrogen-bond acceptors (Lipinski definition) is 5. The molecule has 138 valence electrons. The average molecular weight is 444 g/mol. The van der Waals surface area contributed by atoms with Crippen molar-refractivity contribution in [2.75, 3.05) is 0 Å².